The highest BCUT2D eigenvalue weighted by Crippen LogP contribution is 2.44. The minimum absolute atomic E-state index is 0.0174. The second kappa shape index (κ2) is 3.08. The lowest BCUT2D eigenvalue weighted by molar-refractivity contribution is 0.326. The fourth-order valence-corrected chi connectivity index (χ4v) is 2.51. The summed E-state index contributed by atoms with van der Waals surface area (Å²) in [5.41, 5.74) is 2.22. The molecule has 0 bridgehead atoms. The number of benzene rings is 1. The van der Waals surface area contributed by atoms with Crippen LogP contribution in [-0.2, 0) is 11.8 Å². The van der Waals surface area contributed by atoms with Crippen LogP contribution in [0.1, 0.15) is 38.3 Å². The van der Waals surface area contributed by atoms with Gasteiger partial charge in [-0.05, 0) is 41.4 Å². The molecule has 0 fully saturated rings. The summed E-state index contributed by atoms with van der Waals surface area (Å²) in [5.74, 6) is 0.483. The van der Waals surface area contributed by atoms with Crippen molar-refractivity contribution in [3.05, 3.63) is 35.1 Å². The second-order valence-corrected chi connectivity index (χ2v) is 4.85. The molecule has 1 unspecified atom stereocenters. The lowest BCUT2D eigenvalue weighted by Gasteiger charge is -2.30. The van der Waals surface area contributed by atoms with Gasteiger partial charge < -0.3 is 0 Å². The molecule has 0 radical (unpaired) electrons. The SMILES string of the molecule is CC(C)C1(C)CCc2cccc(F)c21. The van der Waals surface area contributed by atoms with Crippen LogP contribution in [0.3, 0.4) is 0 Å². The minimum atomic E-state index is -0.0174. The summed E-state index contributed by atoms with van der Waals surface area (Å²) in [6.07, 6.45) is 2.11. The van der Waals surface area contributed by atoms with E-state index in [9.17, 15) is 4.39 Å². The Bertz CT molecular complexity index is 354. The third kappa shape index (κ3) is 1.18. The average Bonchev–Trinajstić information content (AvgIpc) is 2.47. The molecule has 1 atom stereocenters. The van der Waals surface area contributed by atoms with Crippen molar-refractivity contribution in [1.29, 1.82) is 0 Å². The molecule has 1 aromatic rings. The standard InChI is InChI=1S/C13H17F/c1-9(2)13(3)8-7-10-5-4-6-11(14)12(10)13/h4-6,9H,7-8H2,1-3H3. The van der Waals surface area contributed by atoms with Gasteiger partial charge in [0.25, 0.3) is 0 Å². The molecule has 0 saturated carbocycles. The van der Waals surface area contributed by atoms with E-state index in [2.05, 4.69) is 26.8 Å². The van der Waals surface area contributed by atoms with Crippen LogP contribution < -0.4 is 0 Å². The molecule has 0 amide bonds. The molecule has 0 aromatic heterocycles. The molecule has 0 aliphatic heterocycles. The third-order valence-corrected chi connectivity index (χ3v) is 3.86. The van der Waals surface area contributed by atoms with Gasteiger partial charge in [0.15, 0.2) is 0 Å². The Labute approximate surface area is 85.1 Å². The van der Waals surface area contributed by atoms with E-state index in [4.69, 9.17) is 0 Å². The molecule has 0 heterocycles. The van der Waals surface area contributed by atoms with Crippen molar-refractivity contribution in [1.82, 2.24) is 0 Å². The van der Waals surface area contributed by atoms with Gasteiger partial charge in [-0.15, -0.1) is 0 Å². The first-order valence-corrected chi connectivity index (χ1v) is 5.33. The fraction of sp³-hybridized carbons (Fsp3) is 0.538. The van der Waals surface area contributed by atoms with Crippen molar-refractivity contribution in [3.63, 3.8) is 0 Å². The van der Waals surface area contributed by atoms with Gasteiger partial charge in [-0.2, -0.15) is 0 Å². The van der Waals surface area contributed by atoms with Crippen molar-refractivity contribution in [3.8, 4) is 0 Å². The van der Waals surface area contributed by atoms with Crippen LogP contribution in [0, 0.1) is 11.7 Å². The van der Waals surface area contributed by atoms with Crippen molar-refractivity contribution in [2.24, 2.45) is 5.92 Å². The third-order valence-electron chi connectivity index (χ3n) is 3.86. The smallest absolute Gasteiger partial charge is 0.127 e. The Morgan fingerprint density at radius 1 is 1.36 bits per heavy atom. The van der Waals surface area contributed by atoms with Crippen molar-refractivity contribution in [2.75, 3.05) is 0 Å². The highest BCUT2D eigenvalue weighted by atomic mass is 19.1. The zero-order valence-corrected chi connectivity index (χ0v) is 9.10. The number of hydrogen-bond acceptors (Lipinski definition) is 0. The molecule has 0 spiro atoms. The lowest BCUT2D eigenvalue weighted by Crippen LogP contribution is -2.26. The second-order valence-electron chi connectivity index (χ2n) is 4.85. The van der Waals surface area contributed by atoms with Gasteiger partial charge in [0.2, 0.25) is 0 Å². The number of halogens is 1. The molecular formula is C13H17F. The summed E-state index contributed by atoms with van der Waals surface area (Å²) >= 11 is 0. The number of fused-ring (bicyclic) bond motifs is 1. The van der Waals surface area contributed by atoms with Crippen LogP contribution >= 0.6 is 0 Å². The van der Waals surface area contributed by atoms with Crippen molar-refractivity contribution in [2.45, 2.75) is 39.0 Å². The molecule has 76 valence electrons. The zero-order valence-electron chi connectivity index (χ0n) is 9.10. The number of hydrogen-bond donors (Lipinski definition) is 0. The van der Waals surface area contributed by atoms with E-state index in [1.54, 1.807) is 6.07 Å². The van der Waals surface area contributed by atoms with E-state index >= 15 is 0 Å². The summed E-state index contributed by atoms with van der Waals surface area (Å²) in [6, 6.07) is 5.47. The van der Waals surface area contributed by atoms with Crippen LogP contribution in [0.5, 0.6) is 0 Å². The summed E-state index contributed by atoms with van der Waals surface area (Å²) in [5, 5.41) is 0. The lowest BCUT2D eigenvalue weighted by atomic mass is 9.74. The molecule has 1 aliphatic carbocycles. The average molecular weight is 192 g/mol. The van der Waals surface area contributed by atoms with Crippen LogP contribution in [-0.4, -0.2) is 0 Å². The quantitative estimate of drug-likeness (QED) is 0.636. The molecule has 1 aliphatic rings. The summed E-state index contributed by atoms with van der Waals surface area (Å²) < 4.78 is 13.7. The molecule has 1 heteroatoms. The maximum absolute atomic E-state index is 13.7. The Morgan fingerprint density at radius 3 is 2.71 bits per heavy atom. The van der Waals surface area contributed by atoms with E-state index < -0.39 is 0 Å². The van der Waals surface area contributed by atoms with E-state index in [1.165, 1.54) is 5.56 Å². The van der Waals surface area contributed by atoms with E-state index in [0.717, 1.165) is 18.4 Å². The van der Waals surface area contributed by atoms with Crippen LogP contribution in [0.25, 0.3) is 0 Å². The Kier molecular flexibility index (Phi) is 2.13. The summed E-state index contributed by atoms with van der Waals surface area (Å²) in [4.78, 5) is 0. The van der Waals surface area contributed by atoms with Gasteiger partial charge in [-0.1, -0.05) is 32.9 Å². The number of aryl methyl sites for hydroxylation is 1. The Hall–Kier alpha value is -0.850. The van der Waals surface area contributed by atoms with Gasteiger partial charge in [-0.3, -0.25) is 0 Å². The Balaban J connectivity index is 2.58. The molecule has 0 nitrogen and oxygen atoms in total. The van der Waals surface area contributed by atoms with Gasteiger partial charge in [-0.25, -0.2) is 4.39 Å². The van der Waals surface area contributed by atoms with Gasteiger partial charge in [0.05, 0.1) is 0 Å². The molecular weight excluding hydrogens is 175 g/mol. The first-order valence-electron chi connectivity index (χ1n) is 5.33. The van der Waals surface area contributed by atoms with Gasteiger partial charge >= 0.3 is 0 Å². The summed E-state index contributed by atoms with van der Waals surface area (Å²) in [7, 11) is 0. The van der Waals surface area contributed by atoms with Crippen molar-refractivity contribution >= 4 is 0 Å². The van der Waals surface area contributed by atoms with E-state index in [1.807, 2.05) is 6.07 Å². The monoisotopic (exact) mass is 192 g/mol. The summed E-state index contributed by atoms with van der Waals surface area (Å²) in [6.45, 7) is 6.55. The highest BCUT2D eigenvalue weighted by molar-refractivity contribution is 5.40. The van der Waals surface area contributed by atoms with Crippen molar-refractivity contribution < 1.29 is 4.39 Å². The maximum atomic E-state index is 13.7. The zero-order chi connectivity index (χ0) is 10.3. The molecule has 1 aromatic carbocycles. The topological polar surface area (TPSA) is 0 Å². The largest absolute Gasteiger partial charge is 0.207 e. The first-order chi connectivity index (χ1) is 6.55. The Morgan fingerprint density at radius 2 is 2.07 bits per heavy atom. The fourth-order valence-electron chi connectivity index (χ4n) is 2.51. The predicted molar refractivity (Wildman–Crippen MR) is 56.9 cm³/mol. The van der Waals surface area contributed by atoms with E-state index in [-0.39, 0.29) is 11.2 Å². The van der Waals surface area contributed by atoms with Gasteiger partial charge in [0.1, 0.15) is 5.82 Å². The first kappa shape index (κ1) is 9.70. The number of rotatable bonds is 1. The molecule has 0 N–H and O–H groups in total. The van der Waals surface area contributed by atoms with Crippen LogP contribution in [0.15, 0.2) is 18.2 Å². The highest BCUT2D eigenvalue weighted by Gasteiger charge is 2.38. The molecule has 0 saturated heterocycles. The minimum Gasteiger partial charge on any atom is -0.207 e. The van der Waals surface area contributed by atoms with Gasteiger partial charge in [0, 0.05) is 0 Å². The van der Waals surface area contributed by atoms with E-state index in [0.29, 0.717) is 5.92 Å². The van der Waals surface area contributed by atoms with Crippen LogP contribution in [0.2, 0.25) is 0 Å². The van der Waals surface area contributed by atoms with Crippen LogP contribution in [0.4, 0.5) is 4.39 Å². The predicted octanol–water partition coefficient (Wildman–Crippen LogP) is 3.69. The molecule has 14 heavy (non-hydrogen) atoms. The maximum Gasteiger partial charge on any atom is 0.127 e. The molecule has 2 rings (SSSR count). The normalized spacial score (nSPS) is 25.5.